The van der Waals surface area contributed by atoms with Crippen molar-refractivity contribution in [3.8, 4) is 0 Å². The van der Waals surface area contributed by atoms with Gasteiger partial charge in [-0.25, -0.2) is 0 Å². The maximum absolute atomic E-state index is 11.4. The first-order valence-electron chi connectivity index (χ1n) is 6.49. The van der Waals surface area contributed by atoms with Crippen LogP contribution in [0, 0.1) is 0 Å². The average molecular weight is 244 g/mol. The van der Waals surface area contributed by atoms with Gasteiger partial charge in [-0.1, -0.05) is 13.3 Å². The largest absolute Gasteiger partial charge is 0.391 e. The monoisotopic (exact) mass is 244 g/mol. The summed E-state index contributed by atoms with van der Waals surface area (Å²) in [6, 6.07) is 0. The molecule has 1 aliphatic rings. The predicted molar refractivity (Wildman–Crippen MR) is 65.8 cm³/mol. The van der Waals surface area contributed by atoms with Gasteiger partial charge in [-0.2, -0.15) is 0 Å². The van der Waals surface area contributed by atoms with Gasteiger partial charge < -0.3 is 20.5 Å². The van der Waals surface area contributed by atoms with E-state index in [2.05, 4.69) is 10.6 Å². The van der Waals surface area contributed by atoms with Crippen LogP contribution in [-0.2, 0) is 9.53 Å². The SMILES string of the molecule is CCCC(O)CNC(=O)CNCC1CCCO1. The van der Waals surface area contributed by atoms with E-state index >= 15 is 0 Å². The van der Waals surface area contributed by atoms with Crippen molar-refractivity contribution in [2.75, 3.05) is 26.2 Å². The van der Waals surface area contributed by atoms with E-state index in [1.165, 1.54) is 0 Å². The van der Waals surface area contributed by atoms with Crippen LogP contribution >= 0.6 is 0 Å². The Kier molecular flexibility index (Phi) is 7.16. The molecule has 0 aromatic heterocycles. The van der Waals surface area contributed by atoms with Gasteiger partial charge in [-0.3, -0.25) is 4.79 Å². The average Bonchev–Trinajstić information content (AvgIpc) is 2.80. The second-order valence-electron chi connectivity index (χ2n) is 4.51. The Hall–Kier alpha value is -0.650. The lowest BCUT2D eigenvalue weighted by Gasteiger charge is -2.12. The zero-order chi connectivity index (χ0) is 12.5. The molecular weight excluding hydrogens is 220 g/mol. The third-order valence-electron chi connectivity index (χ3n) is 2.84. The molecule has 0 saturated carbocycles. The number of hydrogen-bond donors (Lipinski definition) is 3. The Morgan fingerprint density at radius 3 is 3.06 bits per heavy atom. The van der Waals surface area contributed by atoms with Crippen molar-refractivity contribution < 1.29 is 14.6 Å². The zero-order valence-electron chi connectivity index (χ0n) is 10.6. The second kappa shape index (κ2) is 8.44. The topological polar surface area (TPSA) is 70.6 Å². The molecule has 1 amide bonds. The Labute approximate surface area is 103 Å². The molecule has 0 aromatic rings. The molecule has 2 unspecified atom stereocenters. The molecule has 0 radical (unpaired) electrons. The van der Waals surface area contributed by atoms with Crippen LogP contribution in [0.5, 0.6) is 0 Å². The van der Waals surface area contributed by atoms with Crippen molar-refractivity contribution in [2.45, 2.75) is 44.8 Å². The number of hydrogen-bond acceptors (Lipinski definition) is 4. The molecule has 0 bridgehead atoms. The fourth-order valence-electron chi connectivity index (χ4n) is 1.88. The number of aliphatic hydroxyl groups is 1. The summed E-state index contributed by atoms with van der Waals surface area (Å²) < 4.78 is 5.43. The van der Waals surface area contributed by atoms with Crippen molar-refractivity contribution in [3.05, 3.63) is 0 Å². The standard InChI is InChI=1S/C12H24N2O3/c1-2-4-10(15)7-14-12(16)9-13-8-11-5-3-6-17-11/h10-11,13,15H,2-9H2,1H3,(H,14,16). The lowest BCUT2D eigenvalue weighted by Crippen LogP contribution is -2.40. The molecule has 1 saturated heterocycles. The van der Waals surface area contributed by atoms with Crippen molar-refractivity contribution in [1.82, 2.24) is 10.6 Å². The predicted octanol–water partition coefficient (Wildman–Crippen LogP) is 0.0322. The third-order valence-corrected chi connectivity index (χ3v) is 2.84. The number of carbonyl (C=O) groups excluding carboxylic acids is 1. The highest BCUT2D eigenvalue weighted by molar-refractivity contribution is 5.77. The Morgan fingerprint density at radius 2 is 2.41 bits per heavy atom. The molecule has 0 spiro atoms. The first kappa shape index (κ1) is 14.4. The molecular formula is C12H24N2O3. The molecule has 3 N–H and O–H groups in total. The molecule has 100 valence electrons. The zero-order valence-corrected chi connectivity index (χ0v) is 10.6. The van der Waals surface area contributed by atoms with Gasteiger partial charge in [0.15, 0.2) is 0 Å². The van der Waals surface area contributed by atoms with Crippen molar-refractivity contribution in [1.29, 1.82) is 0 Å². The second-order valence-corrected chi connectivity index (χ2v) is 4.51. The summed E-state index contributed by atoms with van der Waals surface area (Å²) in [6.07, 6.45) is 3.67. The minimum atomic E-state index is -0.429. The van der Waals surface area contributed by atoms with Crippen LogP contribution in [0.2, 0.25) is 0 Å². The van der Waals surface area contributed by atoms with Crippen LogP contribution < -0.4 is 10.6 Å². The smallest absolute Gasteiger partial charge is 0.234 e. The van der Waals surface area contributed by atoms with Crippen molar-refractivity contribution in [3.63, 3.8) is 0 Å². The maximum atomic E-state index is 11.4. The number of rotatable bonds is 8. The first-order chi connectivity index (χ1) is 8.22. The van der Waals surface area contributed by atoms with Gasteiger partial charge in [-0.05, 0) is 19.3 Å². The molecule has 1 heterocycles. The van der Waals surface area contributed by atoms with Gasteiger partial charge in [-0.15, -0.1) is 0 Å². The highest BCUT2D eigenvalue weighted by Gasteiger charge is 2.15. The summed E-state index contributed by atoms with van der Waals surface area (Å²) in [4.78, 5) is 11.4. The molecule has 1 fully saturated rings. The molecule has 0 aliphatic carbocycles. The van der Waals surface area contributed by atoms with E-state index in [1.807, 2.05) is 6.92 Å². The third kappa shape index (κ3) is 6.61. The molecule has 5 heteroatoms. The van der Waals surface area contributed by atoms with E-state index in [4.69, 9.17) is 4.74 Å². The van der Waals surface area contributed by atoms with Gasteiger partial charge >= 0.3 is 0 Å². The van der Waals surface area contributed by atoms with Crippen molar-refractivity contribution >= 4 is 5.91 Å². The summed E-state index contributed by atoms with van der Waals surface area (Å²) in [5.41, 5.74) is 0. The van der Waals surface area contributed by atoms with Crippen molar-refractivity contribution in [2.24, 2.45) is 0 Å². The fraction of sp³-hybridized carbons (Fsp3) is 0.917. The van der Waals surface area contributed by atoms with Gasteiger partial charge in [0.1, 0.15) is 0 Å². The summed E-state index contributed by atoms with van der Waals surface area (Å²) in [6.45, 7) is 4.20. The van der Waals surface area contributed by atoms with E-state index in [1.54, 1.807) is 0 Å². The maximum Gasteiger partial charge on any atom is 0.234 e. The fourth-order valence-corrected chi connectivity index (χ4v) is 1.88. The molecule has 1 aliphatic heterocycles. The molecule has 1 rings (SSSR count). The number of aliphatic hydroxyl groups excluding tert-OH is 1. The van der Waals surface area contributed by atoms with Gasteiger partial charge in [0, 0.05) is 19.7 Å². The van der Waals surface area contributed by atoms with Crippen LogP contribution in [0.15, 0.2) is 0 Å². The highest BCUT2D eigenvalue weighted by Crippen LogP contribution is 2.10. The Balaban J connectivity index is 1.96. The van der Waals surface area contributed by atoms with E-state index in [0.29, 0.717) is 13.1 Å². The molecule has 2 atom stereocenters. The van der Waals surface area contributed by atoms with Crippen LogP contribution in [0.4, 0.5) is 0 Å². The van der Waals surface area contributed by atoms with E-state index in [9.17, 15) is 9.90 Å². The van der Waals surface area contributed by atoms with E-state index in [0.717, 1.165) is 38.8 Å². The van der Waals surface area contributed by atoms with E-state index < -0.39 is 6.10 Å². The number of carbonyl (C=O) groups is 1. The number of nitrogens with one attached hydrogen (secondary N) is 2. The normalized spacial score (nSPS) is 21.4. The minimum Gasteiger partial charge on any atom is -0.391 e. The van der Waals surface area contributed by atoms with Crippen LogP contribution in [0.3, 0.4) is 0 Å². The van der Waals surface area contributed by atoms with Crippen LogP contribution in [0.25, 0.3) is 0 Å². The van der Waals surface area contributed by atoms with Gasteiger partial charge in [0.05, 0.1) is 18.8 Å². The van der Waals surface area contributed by atoms with Gasteiger partial charge in [0.2, 0.25) is 5.91 Å². The first-order valence-corrected chi connectivity index (χ1v) is 6.49. The summed E-state index contributed by atoms with van der Waals surface area (Å²) in [5, 5.41) is 15.2. The van der Waals surface area contributed by atoms with Crippen LogP contribution in [-0.4, -0.2) is 49.5 Å². The Bertz CT molecular complexity index is 218. The van der Waals surface area contributed by atoms with E-state index in [-0.39, 0.29) is 12.0 Å². The lowest BCUT2D eigenvalue weighted by atomic mass is 10.2. The molecule has 5 nitrogen and oxygen atoms in total. The lowest BCUT2D eigenvalue weighted by molar-refractivity contribution is -0.120. The van der Waals surface area contributed by atoms with Crippen LogP contribution in [0.1, 0.15) is 32.6 Å². The quantitative estimate of drug-likeness (QED) is 0.563. The number of ether oxygens (including phenoxy) is 1. The number of amides is 1. The highest BCUT2D eigenvalue weighted by atomic mass is 16.5. The molecule has 17 heavy (non-hydrogen) atoms. The molecule has 0 aromatic carbocycles. The van der Waals surface area contributed by atoms with Gasteiger partial charge in [0.25, 0.3) is 0 Å². The Morgan fingerprint density at radius 1 is 1.59 bits per heavy atom. The minimum absolute atomic E-state index is 0.0712. The summed E-state index contributed by atoms with van der Waals surface area (Å²) in [5.74, 6) is -0.0712. The summed E-state index contributed by atoms with van der Waals surface area (Å²) >= 11 is 0. The summed E-state index contributed by atoms with van der Waals surface area (Å²) in [7, 11) is 0.